The summed E-state index contributed by atoms with van der Waals surface area (Å²) in [7, 11) is 0. The number of thiophene rings is 1. The third-order valence-electron chi connectivity index (χ3n) is 6.57. The number of likely N-dealkylation sites (tertiary alicyclic amines) is 2. The molecule has 2 aliphatic heterocycles. The molecule has 27 heavy (non-hydrogen) atoms. The van der Waals surface area contributed by atoms with Crippen molar-refractivity contribution in [1.82, 2.24) is 9.80 Å². The molecule has 2 saturated heterocycles. The van der Waals surface area contributed by atoms with Crippen molar-refractivity contribution in [3.63, 3.8) is 0 Å². The van der Waals surface area contributed by atoms with Gasteiger partial charge in [0, 0.05) is 22.8 Å². The fourth-order valence-electron chi connectivity index (χ4n) is 4.76. The second kappa shape index (κ2) is 8.62. The Morgan fingerprint density at radius 2 is 1.67 bits per heavy atom. The van der Waals surface area contributed by atoms with E-state index in [1.807, 2.05) is 18.3 Å². The highest BCUT2D eigenvalue weighted by molar-refractivity contribution is 7.11. The van der Waals surface area contributed by atoms with Crippen LogP contribution >= 0.6 is 11.3 Å². The average molecular weight is 391 g/mol. The number of ether oxygens (including phenoxy) is 1. The normalized spacial score (nSPS) is 23.6. The maximum Gasteiger partial charge on any atom is 0.312 e. The van der Waals surface area contributed by atoms with E-state index in [1.165, 1.54) is 48.5 Å². The molecule has 0 aromatic carbocycles. The van der Waals surface area contributed by atoms with E-state index in [2.05, 4.69) is 21.9 Å². The van der Waals surface area contributed by atoms with Crippen LogP contribution < -0.4 is 0 Å². The van der Waals surface area contributed by atoms with Gasteiger partial charge in [0.15, 0.2) is 0 Å². The second-order valence-corrected chi connectivity index (χ2v) is 10.0. The van der Waals surface area contributed by atoms with Gasteiger partial charge in [-0.3, -0.25) is 14.6 Å². The zero-order valence-electron chi connectivity index (χ0n) is 16.8. The summed E-state index contributed by atoms with van der Waals surface area (Å²) in [4.78, 5) is 20.7. The van der Waals surface area contributed by atoms with E-state index in [-0.39, 0.29) is 11.4 Å². The number of hydrogen-bond donors (Lipinski definition) is 0. The maximum absolute atomic E-state index is 12.7. The molecule has 3 heterocycles. The van der Waals surface area contributed by atoms with Crippen molar-refractivity contribution in [3.05, 3.63) is 21.9 Å². The van der Waals surface area contributed by atoms with E-state index >= 15 is 0 Å². The first-order chi connectivity index (χ1) is 13.2. The SMILES string of the molecule is CCOC(=O)C1(CC2CC2)CCN(Cc2ccc(CN3CCCC3)s2)CC1. The first kappa shape index (κ1) is 19.4. The van der Waals surface area contributed by atoms with Gasteiger partial charge in [0.1, 0.15) is 0 Å². The maximum atomic E-state index is 12.7. The summed E-state index contributed by atoms with van der Waals surface area (Å²) in [5, 5.41) is 0. The minimum absolute atomic E-state index is 0.0700. The molecule has 0 unspecified atom stereocenters. The fraction of sp³-hybridized carbons (Fsp3) is 0.773. The van der Waals surface area contributed by atoms with Crippen LogP contribution in [0.2, 0.25) is 0 Å². The van der Waals surface area contributed by atoms with E-state index in [1.54, 1.807) is 0 Å². The number of nitrogens with zero attached hydrogens (tertiary/aromatic N) is 2. The molecule has 0 radical (unpaired) electrons. The molecule has 3 aliphatic rings. The number of rotatable bonds is 8. The van der Waals surface area contributed by atoms with E-state index < -0.39 is 0 Å². The summed E-state index contributed by atoms with van der Waals surface area (Å²) in [5.41, 5.74) is -0.204. The average Bonchev–Trinajstić information content (AvgIpc) is 3.14. The van der Waals surface area contributed by atoms with E-state index in [4.69, 9.17) is 4.74 Å². The second-order valence-electron chi connectivity index (χ2n) is 8.78. The molecule has 0 spiro atoms. The monoisotopic (exact) mass is 390 g/mol. The molecule has 0 bridgehead atoms. The summed E-state index contributed by atoms with van der Waals surface area (Å²) in [6.07, 6.45) is 8.31. The lowest BCUT2D eigenvalue weighted by atomic mass is 9.74. The molecule has 4 nitrogen and oxygen atoms in total. The molecule has 5 heteroatoms. The Morgan fingerprint density at radius 3 is 2.22 bits per heavy atom. The third-order valence-corrected chi connectivity index (χ3v) is 7.63. The Labute approximate surface area is 167 Å². The zero-order chi connectivity index (χ0) is 18.7. The Hall–Kier alpha value is -0.910. The van der Waals surface area contributed by atoms with Crippen molar-refractivity contribution in [1.29, 1.82) is 0 Å². The lowest BCUT2D eigenvalue weighted by Gasteiger charge is -2.40. The fourth-order valence-corrected chi connectivity index (χ4v) is 5.87. The van der Waals surface area contributed by atoms with Gasteiger partial charge in [-0.25, -0.2) is 0 Å². The van der Waals surface area contributed by atoms with Crippen LogP contribution in [0.3, 0.4) is 0 Å². The molecule has 1 aromatic heterocycles. The van der Waals surface area contributed by atoms with Gasteiger partial charge in [-0.2, -0.15) is 0 Å². The topological polar surface area (TPSA) is 32.8 Å². The standard InChI is InChI=1S/C22H34N2O2S/c1-2-26-21(25)22(15-18-5-6-18)9-13-24(14-10-22)17-20-8-7-19(27-20)16-23-11-3-4-12-23/h7-8,18H,2-6,9-17H2,1H3. The molecule has 0 N–H and O–H groups in total. The number of carbonyl (C=O) groups excluding carboxylic acids is 1. The third kappa shape index (κ3) is 4.93. The van der Waals surface area contributed by atoms with Gasteiger partial charge in [0.2, 0.25) is 0 Å². The molecular weight excluding hydrogens is 356 g/mol. The van der Waals surface area contributed by atoms with Crippen LogP contribution in [0.1, 0.15) is 61.6 Å². The van der Waals surface area contributed by atoms with Gasteiger partial charge in [-0.15, -0.1) is 11.3 Å². The Morgan fingerprint density at radius 1 is 1.07 bits per heavy atom. The quantitative estimate of drug-likeness (QED) is 0.620. The first-order valence-electron chi connectivity index (χ1n) is 10.9. The predicted octanol–water partition coefficient (Wildman–Crippen LogP) is 4.29. The number of esters is 1. The van der Waals surface area contributed by atoms with Crippen molar-refractivity contribution in [2.75, 3.05) is 32.8 Å². The van der Waals surface area contributed by atoms with E-state index in [0.717, 1.165) is 51.4 Å². The molecule has 0 atom stereocenters. The Kier molecular flexibility index (Phi) is 6.20. The highest BCUT2D eigenvalue weighted by Crippen LogP contribution is 2.46. The van der Waals surface area contributed by atoms with Crippen LogP contribution in [0, 0.1) is 11.3 Å². The zero-order valence-corrected chi connectivity index (χ0v) is 17.6. The smallest absolute Gasteiger partial charge is 0.312 e. The summed E-state index contributed by atoms with van der Waals surface area (Å²) >= 11 is 1.97. The summed E-state index contributed by atoms with van der Waals surface area (Å²) in [6, 6.07) is 4.63. The summed E-state index contributed by atoms with van der Waals surface area (Å²) < 4.78 is 5.47. The Bertz CT molecular complexity index is 626. The van der Waals surface area contributed by atoms with Crippen molar-refractivity contribution in [2.24, 2.45) is 11.3 Å². The van der Waals surface area contributed by atoms with Gasteiger partial charge in [0.05, 0.1) is 12.0 Å². The molecule has 1 saturated carbocycles. The molecule has 1 aromatic rings. The van der Waals surface area contributed by atoms with E-state index in [9.17, 15) is 4.79 Å². The van der Waals surface area contributed by atoms with Crippen molar-refractivity contribution in [3.8, 4) is 0 Å². The molecule has 3 fully saturated rings. The van der Waals surface area contributed by atoms with Gasteiger partial charge >= 0.3 is 5.97 Å². The molecule has 4 rings (SSSR count). The van der Waals surface area contributed by atoms with Crippen LogP contribution in [-0.2, 0) is 22.6 Å². The lowest BCUT2D eigenvalue weighted by molar-refractivity contribution is -0.159. The minimum Gasteiger partial charge on any atom is -0.466 e. The van der Waals surface area contributed by atoms with Crippen molar-refractivity contribution < 1.29 is 9.53 Å². The number of piperidine rings is 1. The van der Waals surface area contributed by atoms with Crippen LogP contribution in [0.15, 0.2) is 12.1 Å². The van der Waals surface area contributed by atoms with E-state index in [0.29, 0.717) is 6.61 Å². The summed E-state index contributed by atoms with van der Waals surface area (Å²) in [6.45, 7) is 9.14. The highest BCUT2D eigenvalue weighted by Gasteiger charge is 2.46. The molecule has 150 valence electrons. The summed E-state index contributed by atoms with van der Waals surface area (Å²) in [5.74, 6) is 0.840. The van der Waals surface area contributed by atoms with Gasteiger partial charge < -0.3 is 4.74 Å². The van der Waals surface area contributed by atoms with Crippen LogP contribution in [0.4, 0.5) is 0 Å². The number of carbonyl (C=O) groups is 1. The van der Waals surface area contributed by atoms with Crippen molar-refractivity contribution in [2.45, 2.75) is 65.0 Å². The minimum atomic E-state index is -0.204. The van der Waals surface area contributed by atoms with Crippen LogP contribution in [0.5, 0.6) is 0 Å². The molecule has 1 aliphatic carbocycles. The predicted molar refractivity (Wildman–Crippen MR) is 110 cm³/mol. The largest absolute Gasteiger partial charge is 0.466 e. The molecule has 0 amide bonds. The Balaban J connectivity index is 1.30. The number of hydrogen-bond acceptors (Lipinski definition) is 5. The first-order valence-corrected chi connectivity index (χ1v) is 11.7. The van der Waals surface area contributed by atoms with Gasteiger partial charge in [-0.1, -0.05) is 12.8 Å². The lowest BCUT2D eigenvalue weighted by Crippen LogP contribution is -2.45. The molecular formula is C22H34N2O2S. The van der Waals surface area contributed by atoms with Gasteiger partial charge in [-0.05, 0) is 83.3 Å². The highest BCUT2D eigenvalue weighted by atomic mass is 32.1. The van der Waals surface area contributed by atoms with Crippen LogP contribution in [-0.4, -0.2) is 48.6 Å². The van der Waals surface area contributed by atoms with Crippen LogP contribution in [0.25, 0.3) is 0 Å². The van der Waals surface area contributed by atoms with Gasteiger partial charge in [0.25, 0.3) is 0 Å². The van der Waals surface area contributed by atoms with Crippen molar-refractivity contribution >= 4 is 17.3 Å².